The topological polar surface area (TPSA) is 96.0 Å². The first-order valence-corrected chi connectivity index (χ1v) is 15.3. The highest BCUT2D eigenvalue weighted by Crippen LogP contribution is 2.27. The maximum atomic E-state index is 14.1. The van der Waals surface area contributed by atoms with Crippen molar-refractivity contribution < 1.29 is 22.7 Å². The smallest absolute Gasteiger partial charge is 0.264 e. The fourth-order valence-electron chi connectivity index (χ4n) is 4.50. The Bertz CT molecular complexity index is 1390. The second kappa shape index (κ2) is 14.2. The van der Waals surface area contributed by atoms with Gasteiger partial charge in [-0.3, -0.25) is 13.9 Å². The van der Waals surface area contributed by atoms with Gasteiger partial charge in [-0.15, -0.1) is 0 Å². The largest absolute Gasteiger partial charge is 0.497 e. The maximum Gasteiger partial charge on any atom is 0.264 e. The van der Waals surface area contributed by atoms with Crippen LogP contribution in [-0.2, 0) is 26.2 Å². The Morgan fingerprint density at radius 2 is 1.49 bits per heavy atom. The lowest BCUT2D eigenvalue weighted by molar-refractivity contribution is -0.140. The molecule has 3 aromatic carbocycles. The molecule has 0 fully saturated rings. The zero-order chi connectivity index (χ0) is 30.2. The number of carbonyl (C=O) groups excluding carboxylic acids is 2. The molecule has 0 bridgehead atoms. The molecular formula is C32H41N3O5S. The summed E-state index contributed by atoms with van der Waals surface area (Å²) >= 11 is 0. The third-order valence-corrected chi connectivity index (χ3v) is 8.57. The van der Waals surface area contributed by atoms with E-state index >= 15 is 0 Å². The van der Waals surface area contributed by atoms with Crippen molar-refractivity contribution >= 4 is 27.5 Å². The molecule has 0 heterocycles. The van der Waals surface area contributed by atoms with E-state index in [1.165, 1.54) is 17.0 Å². The van der Waals surface area contributed by atoms with Gasteiger partial charge in [0.1, 0.15) is 18.3 Å². The summed E-state index contributed by atoms with van der Waals surface area (Å²) in [4.78, 5) is 28.9. The summed E-state index contributed by atoms with van der Waals surface area (Å²) < 4.78 is 34.2. The van der Waals surface area contributed by atoms with Crippen LogP contribution in [0.2, 0.25) is 0 Å². The molecule has 0 aliphatic heterocycles. The van der Waals surface area contributed by atoms with Crippen LogP contribution in [0.3, 0.4) is 0 Å². The first kappa shape index (κ1) is 31.7. The number of hydrogen-bond donors (Lipinski definition) is 1. The number of amides is 2. The van der Waals surface area contributed by atoms with E-state index in [9.17, 15) is 18.0 Å². The number of rotatable bonds is 13. The van der Waals surface area contributed by atoms with E-state index < -0.39 is 28.5 Å². The lowest BCUT2D eigenvalue weighted by Crippen LogP contribution is -2.53. The van der Waals surface area contributed by atoms with Gasteiger partial charge in [-0.1, -0.05) is 63.2 Å². The molecule has 3 aromatic rings. The lowest BCUT2D eigenvalue weighted by atomic mass is 10.0. The minimum Gasteiger partial charge on any atom is -0.497 e. The Labute approximate surface area is 244 Å². The minimum atomic E-state index is -4.10. The molecule has 8 nitrogen and oxygen atoms in total. The molecule has 1 atom stereocenters. The molecule has 0 spiro atoms. The summed E-state index contributed by atoms with van der Waals surface area (Å²) in [6.07, 6.45) is 0.356. The number of anilines is 1. The molecule has 41 heavy (non-hydrogen) atoms. The van der Waals surface area contributed by atoms with E-state index in [1.54, 1.807) is 49.6 Å². The van der Waals surface area contributed by atoms with E-state index in [-0.39, 0.29) is 29.3 Å². The maximum absolute atomic E-state index is 14.1. The highest BCUT2D eigenvalue weighted by Gasteiger charge is 2.33. The molecule has 1 N–H and O–H groups in total. The van der Waals surface area contributed by atoms with Crippen molar-refractivity contribution in [3.8, 4) is 5.75 Å². The van der Waals surface area contributed by atoms with Crippen LogP contribution in [-0.4, -0.2) is 50.9 Å². The van der Waals surface area contributed by atoms with Gasteiger partial charge in [-0.05, 0) is 73.7 Å². The van der Waals surface area contributed by atoms with Crippen LogP contribution in [0, 0.1) is 0 Å². The minimum absolute atomic E-state index is 0.0760. The van der Waals surface area contributed by atoms with Crippen LogP contribution >= 0.6 is 0 Å². The Morgan fingerprint density at radius 3 is 2.00 bits per heavy atom. The molecule has 0 aromatic heterocycles. The van der Waals surface area contributed by atoms with Crippen molar-refractivity contribution in [2.24, 2.45) is 0 Å². The van der Waals surface area contributed by atoms with Gasteiger partial charge in [-0.25, -0.2) is 8.42 Å². The summed E-state index contributed by atoms with van der Waals surface area (Å²) in [7, 11) is -2.53. The van der Waals surface area contributed by atoms with Gasteiger partial charge in [0.2, 0.25) is 11.8 Å². The third kappa shape index (κ3) is 8.10. The average Bonchev–Trinajstić information content (AvgIpc) is 2.96. The Balaban J connectivity index is 2.06. The molecule has 0 saturated heterocycles. The van der Waals surface area contributed by atoms with Gasteiger partial charge in [-0.2, -0.15) is 0 Å². The predicted octanol–water partition coefficient (Wildman–Crippen LogP) is 5.35. The number of carbonyl (C=O) groups is 2. The molecule has 0 aliphatic rings. The van der Waals surface area contributed by atoms with Gasteiger partial charge >= 0.3 is 0 Å². The van der Waals surface area contributed by atoms with Crippen molar-refractivity contribution in [2.45, 2.75) is 70.5 Å². The molecule has 2 amide bonds. The number of sulfonamides is 1. The quantitative estimate of drug-likeness (QED) is 0.295. The molecule has 0 radical (unpaired) electrons. The first-order chi connectivity index (χ1) is 19.5. The monoisotopic (exact) mass is 579 g/mol. The highest BCUT2D eigenvalue weighted by molar-refractivity contribution is 7.92. The number of benzene rings is 3. The van der Waals surface area contributed by atoms with E-state index in [2.05, 4.69) is 19.2 Å². The fourth-order valence-corrected chi connectivity index (χ4v) is 5.94. The van der Waals surface area contributed by atoms with Crippen LogP contribution in [0.5, 0.6) is 5.75 Å². The first-order valence-electron chi connectivity index (χ1n) is 13.9. The third-order valence-electron chi connectivity index (χ3n) is 6.79. The van der Waals surface area contributed by atoms with E-state index in [0.29, 0.717) is 17.9 Å². The van der Waals surface area contributed by atoms with Gasteiger partial charge in [0.25, 0.3) is 10.0 Å². The Kier molecular flexibility index (Phi) is 10.9. The van der Waals surface area contributed by atoms with Gasteiger partial charge in [0.05, 0.1) is 17.7 Å². The highest BCUT2D eigenvalue weighted by atomic mass is 32.2. The summed E-state index contributed by atoms with van der Waals surface area (Å²) in [6, 6.07) is 21.6. The molecule has 0 aliphatic carbocycles. The van der Waals surface area contributed by atoms with Crippen LogP contribution < -0.4 is 14.4 Å². The summed E-state index contributed by atoms with van der Waals surface area (Å²) in [5.41, 5.74) is 2.21. The molecule has 220 valence electrons. The lowest BCUT2D eigenvalue weighted by Gasteiger charge is -2.33. The number of nitrogens with one attached hydrogen (secondary N) is 1. The zero-order valence-corrected chi connectivity index (χ0v) is 25.5. The number of ether oxygens (including phenoxy) is 1. The van der Waals surface area contributed by atoms with Crippen molar-refractivity contribution in [1.29, 1.82) is 0 Å². The summed E-state index contributed by atoms with van der Waals surface area (Å²) in [6.45, 7) is 9.31. The summed E-state index contributed by atoms with van der Waals surface area (Å²) in [5.74, 6) is 0.151. The van der Waals surface area contributed by atoms with E-state index in [4.69, 9.17) is 4.74 Å². The van der Waals surface area contributed by atoms with Crippen molar-refractivity contribution in [1.82, 2.24) is 10.2 Å². The van der Waals surface area contributed by atoms with Crippen molar-refractivity contribution in [3.63, 3.8) is 0 Å². The Hall–Kier alpha value is -3.85. The normalized spacial score (nSPS) is 12.2. The molecular weight excluding hydrogens is 538 g/mol. The second-order valence-electron chi connectivity index (χ2n) is 10.5. The van der Waals surface area contributed by atoms with Gasteiger partial charge < -0.3 is 15.0 Å². The molecule has 0 saturated carbocycles. The predicted molar refractivity (Wildman–Crippen MR) is 162 cm³/mol. The zero-order valence-electron chi connectivity index (χ0n) is 24.7. The van der Waals surface area contributed by atoms with E-state index in [1.807, 2.05) is 45.0 Å². The van der Waals surface area contributed by atoms with Crippen LogP contribution in [0.25, 0.3) is 0 Å². The standard InChI is InChI=1S/C32H41N3O5S/c1-7-30(32(37)33-24(4)5)34(21-25-13-19-28(40-6)20-14-25)31(36)22-35(27-17-15-26(16-18-27)23(2)3)41(38,39)29-11-9-8-10-12-29/h8-20,23-24,30H,7,21-22H2,1-6H3,(H,33,37)/t30-/m0/s1. The van der Waals surface area contributed by atoms with Crippen LogP contribution in [0.15, 0.2) is 83.8 Å². The Morgan fingerprint density at radius 1 is 0.878 bits per heavy atom. The number of methoxy groups -OCH3 is 1. The van der Waals surface area contributed by atoms with Crippen molar-refractivity contribution in [2.75, 3.05) is 18.0 Å². The SMILES string of the molecule is CC[C@@H](C(=O)NC(C)C)N(Cc1ccc(OC)cc1)C(=O)CN(c1ccc(C(C)C)cc1)S(=O)(=O)c1ccccc1. The number of hydrogen-bond acceptors (Lipinski definition) is 5. The average molecular weight is 580 g/mol. The number of nitrogens with zero attached hydrogens (tertiary/aromatic N) is 2. The van der Waals surface area contributed by atoms with Gasteiger partial charge in [0.15, 0.2) is 0 Å². The molecule has 9 heteroatoms. The summed E-state index contributed by atoms with van der Waals surface area (Å²) in [5, 5.41) is 2.91. The fraction of sp³-hybridized carbons (Fsp3) is 0.375. The molecule has 3 rings (SSSR count). The second-order valence-corrected chi connectivity index (χ2v) is 12.4. The molecule has 0 unspecified atom stereocenters. The van der Waals surface area contributed by atoms with Crippen molar-refractivity contribution in [3.05, 3.63) is 90.0 Å². The van der Waals surface area contributed by atoms with Crippen LogP contribution in [0.4, 0.5) is 5.69 Å². The van der Waals surface area contributed by atoms with Crippen LogP contribution in [0.1, 0.15) is 58.1 Å². The van der Waals surface area contributed by atoms with Gasteiger partial charge in [0, 0.05) is 12.6 Å². The van der Waals surface area contributed by atoms with E-state index in [0.717, 1.165) is 15.4 Å².